The fourth-order valence-electron chi connectivity index (χ4n) is 4.34. The van der Waals surface area contributed by atoms with Crippen LogP contribution in [0, 0.1) is 0 Å². The fourth-order valence-corrected chi connectivity index (χ4v) is 8.19. The highest BCUT2D eigenvalue weighted by molar-refractivity contribution is 7.86. The van der Waals surface area contributed by atoms with E-state index in [0.717, 1.165) is 38.8 Å². The van der Waals surface area contributed by atoms with Crippen molar-refractivity contribution in [3.63, 3.8) is 0 Å². The van der Waals surface area contributed by atoms with Crippen molar-refractivity contribution in [2.75, 3.05) is 172 Å². The van der Waals surface area contributed by atoms with Gasteiger partial charge >= 0.3 is 22.8 Å². The normalized spacial score (nSPS) is 16.3. The van der Waals surface area contributed by atoms with E-state index in [9.17, 15) is 48.7 Å². The molecule has 0 saturated heterocycles. The number of aliphatic hydroxyl groups excluding tert-OH is 8. The summed E-state index contributed by atoms with van der Waals surface area (Å²) < 4.78 is 175. The van der Waals surface area contributed by atoms with Crippen molar-refractivity contribution in [3.8, 4) is 0 Å². The molecule has 0 heterocycles. The Bertz CT molecular complexity index is 1700. The quantitative estimate of drug-likeness (QED) is 0.0154. The van der Waals surface area contributed by atoms with Gasteiger partial charge in [0.15, 0.2) is 0 Å². The molecule has 0 rings (SSSR count). The van der Waals surface area contributed by atoms with Crippen LogP contribution in [0.4, 0.5) is 0 Å². The molecule has 42 heteroatoms. The zero-order valence-electron chi connectivity index (χ0n) is 41.3. The van der Waals surface area contributed by atoms with Crippen LogP contribution in [0.15, 0.2) is 0 Å². The highest BCUT2D eigenvalue weighted by Crippen LogP contribution is 2.40. The summed E-state index contributed by atoms with van der Waals surface area (Å²) in [6, 6.07) is 0. The second kappa shape index (κ2) is 46.2. The Labute approximate surface area is 429 Å². The van der Waals surface area contributed by atoms with Crippen molar-refractivity contribution in [2.45, 2.75) is 36.6 Å². The van der Waals surface area contributed by atoms with Crippen molar-refractivity contribution >= 4 is 53.1 Å². The summed E-state index contributed by atoms with van der Waals surface area (Å²) in [6.45, 7) is -3.85. The topological polar surface area (TPSA) is 524 Å². The van der Waals surface area contributed by atoms with E-state index in [1.54, 1.807) is 0 Å². The molecule has 0 aromatic carbocycles. The minimum Gasteiger partial charge on any atom is -0.376 e. The van der Waals surface area contributed by atoms with E-state index in [-0.39, 0.29) is 79.3 Å². The molecule has 0 saturated carbocycles. The molecular formula is C32H75O36P3S3. The van der Waals surface area contributed by atoms with Crippen molar-refractivity contribution in [1.82, 2.24) is 0 Å². The predicted octanol–water partition coefficient (Wildman–Crippen LogP) is -5.65. The number of hydrogen-bond donors (Lipinski definition) is 11. The van der Waals surface area contributed by atoms with Crippen molar-refractivity contribution < 1.29 is 168 Å². The number of aliphatic hydroxyl groups is 8. The lowest BCUT2D eigenvalue weighted by Crippen LogP contribution is -2.33. The summed E-state index contributed by atoms with van der Waals surface area (Å²) in [7, 11) is -22.4. The Morgan fingerprint density at radius 2 is 0.432 bits per heavy atom. The second-order valence-corrected chi connectivity index (χ2v) is 24.2. The number of ether oxygens (including phenoxy) is 10. The third-order valence-corrected chi connectivity index (χ3v) is 10.3. The Kier molecular flexibility index (Phi) is 49.9. The highest BCUT2D eigenvalue weighted by atomic mass is 32.2. The molecule has 74 heavy (non-hydrogen) atoms. The molecule has 0 radical (unpaired) electrons. The lowest BCUT2D eigenvalue weighted by Gasteiger charge is -2.22. The van der Waals surface area contributed by atoms with Gasteiger partial charge in [-0.3, -0.25) is 26.2 Å². The van der Waals surface area contributed by atoms with Crippen molar-refractivity contribution in [1.29, 1.82) is 0 Å². The monoisotopic (exact) mass is 1220 g/mol. The first-order valence-corrected chi connectivity index (χ1v) is 31.9. The van der Waals surface area contributed by atoms with Crippen LogP contribution in [0.3, 0.4) is 0 Å². The Balaban J connectivity index is -0.000000454. The molecule has 36 nitrogen and oxygen atoms in total. The van der Waals surface area contributed by atoms with E-state index in [0.29, 0.717) is 0 Å². The first-order chi connectivity index (χ1) is 34.1. The van der Waals surface area contributed by atoms with Gasteiger partial charge in [0.2, 0.25) is 0 Å². The predicted molar refractivity (Wildman–Crippen MR) is 247 cm³/mol. The summed E-state index contributed by atoms with van der Waals surface area (Å²) >= 11 is 0. The molecule has 0 amide bonds. The van der Waals surface area contributed by atoms with Gasteiger partial charge in [0.25, 0.3) is 30.4 Å². The van der Waals surface area contributed by atoms with Crippen LogP contribution in [0.25, 0.3) is 0 Å². The maximum Gasteiger partial charge on any atom is 0.325 e. The van der Waals surface area contributed by atoms with E-state index in [2.05, 4.69) is 55.0 Å². The number of hydrogen-bond acceptors (Lipinski definition) is 33. The van der Waals surface area contributed by atoms with E-state index < -0.39 is 144 Å². The summed E-state index contributed by atoms with van der Waals surface area (Å²) in [6.07, 6.45) is -3.05. The summed E-state index contributed by atoms with van der Waals surface area (Å²) in [5, 5.41) is 67.6. The van der Waals surface area contributed by atoms with Gasteiger partial charge < -0.3 is 116 Å². The third kappa shape index (κ3) is 65.7. The second-order valence-electron chi connectivity index (χ2n) is 13.9. The molecule has 7 atom stereocenters. The standard InChI is InChI=1S/C10H24O11P2.C10H22O11S2.C6H15O7P.C6H14O7S/c2*1-22(13,14)20-9(5-18-7-11)3-17-4-10(6-19-8-12)21-23(2,15)16;2*1-14(9,10)13-6(2-11-4-7)3-12-5-8/h9-12H,3-8H2,1-2H3,(H,13,14)(H,15,16);9-12H,3-8H2,1-2H3;6-8H,2-5H2,1H3,(H,9,10);6-8H,2-5H2,1H3. The average Bonchev–Trinajstić information content (AvgIpc) is 3.25. The van der Waals surface area contributed by atoms with Crippen molar-refractivity contribution in [2.24, 2.45) is 0 Å². The molecule has 0 aliphatic carbocycles. The molecule has 11 N–H and O–H groups in total. The minimum absolute atomic E-state index is 0.0884. The first kappa shape index (κ1) is 79.9. The van der Waals surface area contributed by atoms with Crippen LogP contribution in [-0.2, 0) is 118 Å². The van der Waals surface area contributed by atoms with E-state index in [1.807, 2.05) is 0 Å². The zero-order valence-corrected chi connectivity index (χ0v) is 46.4. The van der Waals surface area contributed by atoms with Gasteiger partial charge in [0.05, 0.1) is 98.0 Å². The van der Waals surface area contributed by atoms with E-state index in [1.165, 1.54) is 0 Å². The van der Waals surface area contributed by atoms with Gasteiger partial charge in [0, 0.05) is 20.0 Å². The first-order valence-electron chi connectivity index (χ1n) is 20.4. The molecular weight excluding hydrogens is 1150 g/mol. The Morgan fingerprint density at radius 3 is 0.568 bits per heavy atom. The van der Waals surface area contributed by atoms with Gasteiger partial charge in [-0.15, -0.1) is 0 Å². The van der Waals surface area contributed by atoms with Gasteiger partial charge in [-0.25, -0.2) is 0 Å². The van der Waals surface area contributed by atoms with Gasteiger partial charge in [-0.05, 0) is 0 Å². The lowest BCUT2D eigenvalue weighted by atomic mass is 10.4. The summed E-state index contributed by atoms with van der Waals surface area (Å²) in [5.41, 5.74) is 0. The van der Waals surface area contributed by atoms with Gasteiger partial charge in [-0.2, -0.15) is 25.3 Å². The van der Waals surface area contributed by atoms with Crippen LogP contribution in [0.2, 0.25) is 0 Å². The van der Waals surface area contributed by atoms with Crippen LogP contribution >= 0.6 is 22.8 Å². The van der Waals surface area contributed by atoms with Crippen LogP contribution in [-0.4, -0.2) is 290 Å². The van der Waals surface area contributed by atoms with Gasteiger partial charge in [0.1, 0.15) is 91.0 Å². The molecule has 452 valence electrons. The molecule has 0 aromatic heterocycles. The maximum atomic E-state index is 11.2. The lowest BCUT2D eigenvalue weighted by molar-refractivity contribution is -0.0808. The van der Waals surface area contributed by atoms with E-state index in [4.69, 9.17) is 64.3 Å². The molecule has 0 aliphatic heterocycles. The van der Waals surface area contributed by atoms with Crippen molar-refractivity contribution in [3.05, 3.63) is 0 Å². The fraction of sp³-hybridized carbons (Fsp3) is 1.00. The maximum absolute atomic E-state index is 11.2. The average molecular weight is 1230 g/mol. The van der Waals surface area contributed by atoms with Crippen LogP contribution < -0.4 is 0 Å². The minimum atomic E-state index is -3.79. The molecule has 0 bridgehead atoms. The molecule has 7 unspecified atom stereocenters. The van der Waals surface area contributed by atoms with Crippen LogP contribution in [0.5, 0.6) is 0 Å². The molecule has 0 aliphatic rings. The largest absolute Gasteiger partial charge is 0.376 e. The molecule has 0 spiro atoms. The Hall–Kier alpha value is -0.540. The smallest absolute Gasteiger partial charge is 0.325 e. The third-order valence-electron chi connectivity index (χ3n) is 6.34. The summed E-state index contributed by atoms with van der Waals surface area (Å²) in [4.78, 5) is 27.2. The van der Waals surface area contributed by atoms with E-state index >= 15 is 0 Å². The van der Waals surface area contributed by atoms with Crippen LogP contribution in [0.1, 0.15) is 0 Å². The zero-order chi connectivity index (χ0) is 57.9. The number of rotatable bonds is 44. The molecule has 0 aromatic rings. The Morgan fingerprint density at radius 1 is 0.297 bits per heavy atom. The molecule has 0 fully saturated rings. The van der Waals surface area contributed by atoms with Gasteiger partial charge in [-0.1, -0.05) is 0 Å². The summed E-state index contributed by atoms with van der Waals surface area (Å²) in [5.74, 6) is 0. The SMILES string of the molecule is CP(=O)(O)OC(COCO)COCC(COCO)OP(C)(=O)O.CP(=O)(O)OC(COCO)COCO.CS(=O)(=O)OC(COCO)COCC(COCO)OS(C)(=O)=O.CS(=O)(=O)OC(COCO)COCO. The highest BCUT2D eigenvalue weighted by Gasteiger charge is 2.25.